The summed E-state index contributed by atoms with van der Waals surface area (Å²) in [6, 6.07) is 13.8. The maximum Gasteiger partial charge on any atom is 0.245 e. The Morgan fingerprint density at radius 3 is 2.36 bits per heavy atom. The van der Waals surface area contributed by atoms with Gasteiger partial charge in [0.05, 0.1) is 23.6 Å². The molecule has 1 N–H and O–H groups in total. The zero-order valence-electron chi connectivity index (χ0n) is 14.3. The predicted octanol–water partition coefficient (Wildman–Crippen LogP) is 2.58. The van der Waals surface area contributed by atoms with Crippen molar-refractivity contribution < 1.29 is 13.2 Å². The number of rotatable bonds is 5. The smallest absolute Gasteiger partial charge is 0.245 e. The number of nitriles is 1. The molecule has 2 aromatic rings. The summed E-state index contributed by atoms with van der Waals surface area (Å²) >= 11 is 0. The van der Waals surface area contributed by atoms with Crippen LogP contribution in [0.5, 0.6) is 0 Å². The number of benzene rings is 2. The lowest BCUT2D eigenvalue weighted by molar-refractivity contribution is -0.114. The Balaban J connectivity index is 2.24. The Hall–Kier alpha value is -2.85. The summed E-state index contributed by atoms with van der Waals surface area (Å²) in [6.45, 7) is 3.33. The lowest BCUT2D eigenvalue weighted by Crippen LogP contribution is -2.37. The van der Waals surface area contributed by atoms with Crippen molar-refractivity contribution in [3.05, 3.63) is 59.2 Å². The minimum absolute atomic E-state index is 0.330. The summed E-state index contributed by atoms with van der Waals surface area (Å²) < 4.78 is 25.4. The number of hydrogen-bond donors (Lipinski definition) is 1. The first-order chi connectivity index (χ1) is 11.7. The first kappa shape index (κ1) is 18.5. The summed E-state index contributed by atoms with van der Waals surface area (Å²) in [5.41, 5.74) is 3.13. The molecule has 0 aliphatic rings. The van der Waals surface area contributed by atoms with Crippen LogP contribution < -0.4 is 9.62 Å². The number of sulfonamides is 1. The fourth-order valence-corrected chi connectivity index (χ4v) is 3.23. The van der Waals surface area contributed by atoms with Gasteiger partial charge in [-0.2, -0.15) is 5.26 Å². The van der Waals surface area contributed by atoms with Crippen molar-refractivity contribution in [2.75, 3.05) is 22.4 Å². The van der Waals surface area contributed by atoms with E-state index in [1.807, 2.05) is 25.1 Å². The van der Waals surface area contributed by atoms with Gasteiger partial charge < -0.3 is 5.32 Å². The van der Waals surface area contributed by atoms with Crippen LogP contribution in [0.2, 0.25) is 0 Å². The van der Waals surface area contributed by atoms with Gasteiger partial charge in [0.2, 0.25) is 15.9 Å². The van der Waals surface area contributed by atoms with E-state index in [0.29, 0.717) is 16.9 Å². The highest BCUT2D eigenvalue weighted by Gasteiger charge is 2.22. The van der Waals surface area contributed by atoms with Crippen LogP contribution in [0.4, 0.5) is 11.4 Å². The van der Waals surface area contributed by atoms with E-state index in [1.54, 1.807) is 37.3 Å². The molecule has 25 heavy (non-hydrogen) atoms. The first-order valence-electron chi connectivity index (χ1n) is 7.55. The molecule has 0 aliphatic heterocycles. The van der Waals surface area contributed by atoms with Crippen LogP contribution in [0, 0.1) is 25.2 Å². The lowest BCUT2D eigenvalue weighted by atomic mass is 10.1. The average molecular weight is 357 g/mol. The summed E-state index contributed by atoms with van der Waals surface area (Å²) in [4.78, 5) is 12.3. The molecule has 0 aromatic heterocycles. The molecule has 7 heteroatoms. The second-order valence-corrected chi connectivity index (χ2v) is 7.70. The van der Waals surface area contributed by atoms with Crippen molar-refractivity contribution in [2.45, 2.75) is 13.8 Å². The third-order valence-corrected chi connectivity index (χ3v) is 4.75. The molecule has 0 radical (unpaired) electrons. The van der Waals surface area contributed by atoms with Gasteiger partial charge in [0.15, 0.2) is 0 Å². The van der Waals surface area contributed by atoms with E-state index < -0.39 is 15.9 Å². The van der Waals surface area contributed by atoms with Crippen LogP contribution in [-0.2, 0) is 14.8 Å². The number of nitrogens with one attached hydrogen (secondary N) is 1. The average Bonchev–Trinajstić information content (AvgIpc) is 2.55. The monoisotopic (exact) mass is 357 g/mol. The zero-order valence-corrected chi connectivity index (χ0v) is 15.1. The SMILES string of the molecule is Cc1ccc(C)c(N(CC(=O)Nc2ccc(C#N)cc2)S(C)(=O)=O)c1. The summed E-state index contributed by atoms with van der Waals surface area (Å²) in [6.07, 6.45) is 1.07. The van der Waals surface area contributed by atoms with Crippen LogP contribution in [0.15, 0.2) is 42.5 Å². The summed E-state index contributed by atoms with van der Waals surface area (Å²) in [7, 11) is -3.63. The maximum absolute atomic E-state index is 12.3. The number of nitrogens with zero attached hydrogens (tertiary/aromatic N) is 2. The van der Waals surface area contributed by atoms with Crippen LogP contribution in [0.25, 0.3) is 0 Å². The number of aryl methyl sites for hydroxylation is 2. The van der Waals surface area contributed by atoms with Crippen LogP contribution in [-0.4, -0.2) is 27.1 Å². The normalized spacial score (nSPS) is 10.8. The van der Waals surface area contributed by atoms with Crippen molar-refractivity contribution in [1.82, 2.24) is 0 Å². The van der Waals surface area contributed by atoms with Gasteiger partial charge in [-0.3, -0.25) is 9.10 Å². The standard InChI is InChI=1S/C18H19N3O3S/c1-13-4-5-14(2)17(10-13)21(25(3,23)24)12-18(22)20-16-8-6-15(11-19)7-9-16/h4-10H,12H2,1-3H3,(H,20,22). The van der Waals surface area contributed by atoms with Crippen molar-refractivity contribution in [1.29, 1.82) is 5.26 Å². The largest absolute Gasteiger partial charge is 0.325 e. The van der Waals surface area contributed by atoms with E-state index >= 15 is 0 Å². The second kappa shape index (κ2) is 7.36. The molecule has 6 nitrogen and oxygen atoms in total. The van der Waals surface area contributed by atoms with Gasteiger partial charge in [0, 0.05) is 5.69 Å². The van der Waals surface area contributed by atoms with Gasteiger partial charge in [0.1, 0.15) is 6.54 Å². The molecule has 0 fully saturated rings. The fourth-order valence-electron chi connectivity index (χ4n) is 2.33. The molecular formula is C18H19N3O3S. The van der Waals surface area contributed by atoms with E-state index in [1.165, 1.54) is 0 Å². The lowest BCUT2D eigenvalue weighted by Gasteiger charge is -2.24. The molecule has 0 aliphatic carbocycles. The maximum atomic E-state index is 12.3. The van der Waals surface area contributed by atoms with Gasteiger partial charge in [-0.1, -0.05) is 12.1 Å². The number of amides is 1. The third kappa shape index (κ3) is 4.81. The van der Waals surface area contributed by atoms with E-state index in [0.717, 1.165) is 21.7 Å². The van der Waals surface area contributed by atoms with Crippen molar-refractivity contribution in [3.8, 4) is 6.07 Å². The highest BCUT2D eigenvalue weighted by atomic mass is 32.2. The van der Waals surface area contributed by atoms with Crippen molar-refractivity contribution in [3.63, 3.8) is 0 Å². The van der Waals surface area contributed by atoms with Crippen molar-refractivity contribution >= 4 is 27.3 Å². The second-order valence-electron chi connectivity index (χ2n) is 5.80. The molecule has 0 unspecified atom stereocenters. The Morgan fingerprint density at radius 1 is 1.16 bits per heavy atom. The molecule has 1 amide bonds. The molecule has 2 rings (SSSR count). The molecule has 130 valence electrons. The topological polar surface area (TPSA) is 90.3 Å². The van der Waals surface area contributed by atoms with Gasteiger partial charge in [-0.25, -0.2) is 8.42 Å². The Kier molecular flexibility index (Phi) is 5.45. The predicted molar refractivity (Wildman–Crippen MR) is 97.9 cm³/mol. The van der Waals surface area contributed by atoms with E-state index in [2.05, 4.69) is 5.32 Å². The van der Waals surface area contributed by atoms with E-state index in [4.69, 9.17) is 5.26 Å². The molecule has 0 spiro atoms. The Labute approximate surface area is 147 Å². The Bertz CT molecular complexity index is 929. The molecule has 0 saturated heterocycles. The van der Waals surface area contributed by atoms with Crippen LogP contribution in [0.1, 0.15) is 16.7 Å². The van der Waals surface area contributed by atoms with Gasteiger partial charge in [-0.05, 0) is 55.3 Å². The minimum Gasteiger partial charge on any atom is -0.325 e. The zero-order chi connectivity index (χ0) is 18.6. The van der Waals surface area contributed by atoms with Crippen LogP contribution in [0.3, 0.4) is 0 Å². The number of carbonyl (C=O) groups excluding carboxylic acids is 1. The van der Waals surface area contributed by atoms with Gasteiger partial charge in [0.25, 0.3) is 0 Å². The fraction of sp³-hybridized carbons (Fsp3) is 0.222. The van der Waals surface area contributed by atoms with E-state index in [9.17, 15) is 13.2 Å². The highest BCUT2D eigenvalue weighted by Crippen LogP contribution is 2.24. The molecule has 0 bridgehead atoms. The third-order valence-electron chi connectivity index (χ3n) is 3.62. The van der Waals surface area contributed by atoms with Crippen molar-refractivity contribution in [2.24, 2.45) is 0 Å². The van der Waals surface area contributed by atoms with Gasteiger partial charge in [-0.15, -0.1) is 0 Å². The molecule has 0 heterocycles. The number of anilines is 2. The quantitative estimate of drug-likeness (QED) is 0.890. The van der Waals surface area contributed by atoms with E-state index in [-0.39, 0.29) is 6.54 Å². The molecule has 0 saturated carbocycles. The number of carbonyl (C=O) groups is 1. The minimum atomic E-state index is -3.63. The number of hydrogen-bond acceptors (Lipinski definition) is 4. The van der Waals surface area contributed by atoms with Crippen LogP contribution >= 0.6 is 0 Å². The van der Waals surface area contributed by atoms with Gasteiger partial charge >= 0.3 is 0 Å². The summed E-state index contributed by atoms with van der Waals surface area (Å²) in [5.74, 6) is -0.462. The summed E-state index contributed by atoms with van der Waals surface area (Å²) in [5, 5.41) is 11.4. The Morgan fingerprint density at radius 2 is 1.80 bits per heavy atom. The molecule has 2 aromatic carbocycles. The first-order valence-corrected chi connectivity index (χ1v) is 9.40. The highest BCUT2D eigenvalue weighted by molar-refractivity contribution is 7.92. The molecule has 0 atom stereocenters. The molecular weight excluding hydrogens is 338 g/mol.